The Kier molecular flexibility index (Phi) is 5.70. The maximum Gasteiger partial charge on any atom is 0.110 e. The van der Waals surface area contributed by atoms with E-state index >= 15 is 0 Å². The Morgan fingerprint density at radius 1 is 1.50 bits per heavy atom. The molecule has 1 aliphatic heterocycles. The molecule has 0 fully saturated rings. The van der Waals surface area contributed by atoms with Gasteiger partial charge >= 0.3 is 0 Å². The van der Waals surface area contributed by atoms with Gasteiger partial charge in [-0.2, -0.15) is 11.8 Å². The van der Waals surface area contributed by atoms with Gasteiger partial charge in [0.1, 0.15) is 5.76 Å². The summed E-state index contributed by atoms with van der Waals surface area (Å²) < 4.78 is 6.07. The predicted molar refractivity (Wildman–Crippen MR) is 72.9 cm³/mol. The van der Waals surface area contributed by atoms with Crippen LogP contribution in [0.2, 0.25) is 0 Å². The van der Waals surface area contributed by atoms with E-state index in [9.17, 15) is 0 Å². The minimum Gasteiger partial charge on any atom is -0.497 e. The Morgan fingerprint density at radius 2 is 2.25 bits per heavy atom. The summed E-state index contributed by atoms with van der Waals surface area (Å²) in [5.74, 6) is 2.24. The van der Waals surface area contributed by atoms with Crippen LogP contribution in [0.1, 0.15) is 40.5 Å². The molecule has 1 atom stereocenters. The molecule has 0 spiro atoms. The highest BCUT2D eigenvalue weighted by Crippen LogP contribution is 2.26. The molecule has 0 aromatic carbocycles. The van der Waals surface area contributed by atoms with Crippen LogP contribution in [0.25, 0.3) is 0 Å². The van der Waals surface area contributed by atoms with Crippen LogP contribution in [0.15, 0.2) is 11.8 Å². The quantitative estimate of drug-likeness (QED) is 0.801. The van der Waals surface area contributed by atoms with Gasteiger partial charge in [-0.15, -0.1) is 0 Å². The Labute approximate surface area is 104 Å². The topological polar surface area (TPSA) is 21.3 Å². The molecule has 0 aromatic rings. The summed E-state index contributed by atoms with van der Waals surface area (Å²) in [6.07, 6.45) is 4.58. The van der Waals surface area contributed by atoms with Crippen LogP contribution in [0, 0.1) is 0 Å². The molecule has 94 valence electrons. The second-order valence-corrected chi connectivity index (χ2v) is 6.98. The number of hydrogen-bond donors (Lipinski definition) is 1. The fraction of sp³-hybridized carbons (Fsp3) is 0.846. The van der Waals surface area contributed by atoms with E-state index < -0.39 is 0 Å². The SMILES string of the molecule is CCNC(CSC(C)(C)C)C1=CCCCO1. The van der Waals surface area contributed by atoms with E-state index in [0.717, 1.165) is 37.5 Å². The first kappa shape index (κ1) is 13.9. The molecule has 0 radical (unpaired) electrons. The number of nitrogens with one attached hydrogen (secondary N) is 1. The Balaban J connectivity index is 2.49. The molecule has 1 heterocycles. The molecule has 0 amide bonds. The average molecular weight is 243 g/mol. The lowest BCUT2D eigenvalue weighted by Crippen LogP contribution is -2.36. The van der Waals surface area contributed by atoms with Gasteiger partial charge < -0.3 is 10.1 Å². The highest BCUT2D eigenvalue weighted by molar-refractivity contribution is 8.00. The summed E-state index contributed by atoms with van der Waals surface area (Å²) >= 11 is 1.99. The molecule has 1 N–H and O–H groups in total. The van der Waals surface area contributed by atoms with E-state index in [2.05, 4.69) is 39.1 Å². The van der Waals surface area contributed by atoms with E-state index in [4.69, 9.17) is 4.74 Å². The number of hydrogen-bond acceptors (Lipinski definition) is 3. The first-order valence-corrected chi connectivity index (χ1v) is 7.21. The molecule has 0 bridgehead atoms. The van der Waals surface area contributed by atoms with Crippen LogP contribution in [0.4, 0.5) is 0 Å². The highest BCUT2D eigenvalue weighted by atomic mass is 32.2. The lowest BCUT2D eigenvalue weighted by atomic mass is 10.1. The van der Waals surface area contributed by atoms with Crippen molar-refractivity contribution in [3.63, 3.8) is 0 Å². The number of thioether (sulfide) groups is 1. The Morgan fingerprint density at radius 3 is 2.75 bits per heavy atom. The third-order valence-corrected chi connectivity index (χ3v) is 3.81. The summed E-state index contributed by atoms with van der Waals surface area (Å²) in [7, 11) is 0. The lowest BCUT2D eigenvalue weighted by Gasteiger charge is -2.27. The predicted octanol–water partition coefficient (Wildman–Crippen LogP) is 3.19. The highest BCUT2D eigenvalue weighted by Gasteiger charge is 2.20. The van der Waals surface area contributed by atoms with Crippen LogP contribution in [0.3, 0.4) is 0 Å². The van der Waals surface area contributed by atoms with Crippen molar-refractivity contribution in [3.05, 3.63) is 11.8 Å². The van der Waals surface area contributed by atoms with Crippen molar-refractivity contribution in [1.82, 2.24) is 5.32 Å². The second kappa shape index (κ2) is 6.55. The Hall–Kier alpha value is -0.150. The molecular weight excluding hydrogens is 218 g/mol. The molecule has 0 aliphatic carbocycles. The number of ether oxygens (including phenoxy) is 1. The number of rotatable bonds is 5. The molecule has 1 rings (SSSR count). The van der Waals surface area contributed by atoms with Gasteiger partial charge in [-0.05, 0) is 25.5 Å². The van der Waals surface area contributed by atoms with Gasteiger partial charge in [0.25, 0.3) is 0 Å². The van der Waals surface area contributed by atoms with Crippen molar-refractivity contribution >= 4 is 11.8 Å². The standard InChI is InChI=1S/C13H25NOS/c1-5-14-11(10-16-13(2,3)4)12-8-6-7-9-15-12/h8,11,14H,5-7,9-10H2,1-4H3. The van der Waals surface area contributed by atoms with Gasteiger partial charge in [-0.3, -0.25) is 0 Å². The lowest BCUT2D eigenvalue weighted by molar-refractivity contribution is 0.172. The third-order valence-electron chi connectivity index (χ3n) is 2.44. The summed E-state index contributed by atoms with van der Waals surface area (Å²) in [5.41, 5.74) is 0. The fourth-order valence-electron chi connectivity index (χ4n) is 1.64. The normalized spacial score (nSPS) is 18.9. The molecule has 2 nitrogen and oxygen atoms in total. The zero-order valence-electron chi connectivity index (χ0n) is 11.0. The van der Waals surface area contributed by atoms with Crippen molar-refractivity contribution in [2.75, 3.05) is 18.9 Å². The van der Waals surface area contributed by atoms with Gasteiger partial charge in [-0.1, -0.05) is 27.7 Å². The monoisotopic (exact) mass is 243 g/mol. The first-order valence-electron chi connectivity index (χ1n) is 6.23. The third kappa shape index (κ3) is 5.26. The van der Waals surface area contributed by atoms with Crippen LogP contribution in [-0.2, 0) is 4.74 Å². The molecule has 0 saturated heterocycles. The minimum atomic E-state index is 0.322. The summed E-state index contributed by atoms with van der Waals surface area (Å²) in [6.45, 7) is 10.8. The van der Waals surface area contributed by atoms with E-state index in [-0.39, 0.29) is 0 Å². The summed E-state index contributed by atoms with van der Waals surface area (Å²) in [6, 6.07) is 0.384. The van der Waals surface area contributed by atoms with E-state index in [1.165, 1.54) is 0 Å². The number of likely N-dealkylation sites (N-methyl/N-ethyl adjacent to an activating group) is 1. The van der Waals surface area contributed by atoms with Crippen LogP contribution in [0.5, 0.6) is 0 Å². The first-order chi connectivity index (χ1) is 7.53. The van der Waals surface area contributed by atoms with Crippen LogP contribution < -0.4 is 5.32 Å². The van der Waals surface area contributed by atoms with Crippen molar-refractivity contribution in [2.45, 2.75) is 51.3 Å². The largest absolute Gasteiger partial charge is 0.497 e. The smallest absolute Gasteiger partial charge is 0.110 e. The molecule has 1 aliphatic rings. The van der Waals surface area contributed by atoms with Crippen molar-refractivity contribution < 1.29 is 4.74 Å². The minimum absolute atomic E-state index is 0.322. The average Bonchev–Trinajstić information content (AvgIpc) is 2.24. The second-order valence-electron chi connectivity index (χ2n) is 5.13. The van der Waals surface area contributed by atoms with Gasteiger partial charge in [0.15, 0.2) is 0 Å². The van der Waals surface area contributed by atoms with Crippen LogP contribution in [-0.4, -0.2) is 29.7 Å². The van der Waals surface area contributed by atoms with Crippen molar-refractivity contribution in [1.29, 1.82) is 0 Å². The molecule has 16 heavy (non-hydrogen) atoms. The summed E-state index contributed by atoms with van der Waals surface area (Å²) in [4.78, 5) is 0. The zero-order chi connectivity index (χ0) is 12.0. The van der Waals surface area contributed by atoms with E-state index in [0.29, 0.717) is 10.8 Å². The molecule has 0 aromatic heterocycles. The van der Waals surface area contributed by atoms with E-state index in [1.54, 1.807) is 0 Å². The van der Waals surface area contributed by atoms with Crippen molar-refractivity contribution in [3.8, 4) is 0 Å². The van der Waals surface area contributed by atoms with Gasteiger partial charge in [0.2, 0.25) is 0 Å². The Bertz CT molecular complexity index is 233. The van der Waals surface area contributed by atoms with Gasteiger partial charge in [0.05, 0.1) is 12.6 Å². The van der Waals surface area contributed by atoms with Crippen LogP contribution >= 0.6 is 11.8 Å². The van der Waals surface area contributed by atoms with E-state index in [1.807, 2.05) is 11.8 Å². The summed E-state index contributed by atoms with van der Waals surface area (Å²) in [5, 5.41) is 3.51. The van der Waals surface area contributed by atoms with Gasteiger partial charge in [0, 0.05) is 10.5 Å². The maximum atomic E-state index is 5.74. The number of allylic oxidation sites excluding steroid dienone is 1. The molecule has 3 heteroatoms. The van der Waals surface area contributed by atoms with Crippen molar-refractivity contribution in [2.24, 2.45) is 0 Å². The molecular formula is C13H25NOS. The maximum absolute atomic E-state index is 5.74. The van der Waals surface area contributed by atoms with Gasteiger partial charge in [-0.25, -0.2) is 0 Å². The molecule has 0 saturated carbocycles. The fourth-order valence-corrected chi connectivity index (χ4v) is 2.59. The zero-order valence-corrected chi connectivity index (χ0v) is 11.8. The molecule has 1 unspecified atom stereocenters.